The van der Waals surface area contributed by atoms with E-state index in [2.05, 4.69) is 20.2 Å². The number of hydrogen-bond acceptors (Lipinski definition) is 5. The zero-order valence-corrected chi connectivity index (χ0v) is 12.2. The van der Waals surface area contributed by atoms with Crippen LogP contribution >= 0.6 is 0 Å². The van der Waals surface area contributed by atoms with Crippen LogP contribution < -0.4 is 16.0 Å². The number of aromatic nitrogens is 2. The first kappa shape index (κ1) is 14.6. The minimum absolute atomic E-state index is 0.198. The van der Waals surface area contributed by atoms with Gasteiger partial charge in [-0.05, 0) is 32.6 Å². The molecule has 6 heteroatoms. The Labute approximate surface area is 119 Å². The first-order valence-electron chi connectivity index (χ1n) is 7.21. The summed E-state index contributed by atoms with van der Waals surface area (Å²) >= 11 is 0. The first-order chi connectivity index (χ1) is 9.58. The maximum Gasteiger partial charge on any atom is 0.217 e. The van der Waals surface area contributed by atoms with Crippen molar-refractivity contribution in [1.82, 2.24) is 9.97 Å². The van der Waals surface area contributed by atoms with Gasteiger partial charge in [-0.1, -0.05) is 0 Å². The van der Waals surface area contributed by atoms with Crippen LogP contribution in [0, 0.1) is 12.8 Å². The highest BCUT2D eigenvalue weighted by atomic mass is 16.1. The van der Waals surface area contributed by atoms with Gasteiger partial charge in [-0.3, -0.25) is 4.79 Å². The van der Waals surface area contributed by atoms with Gasteiger partial charge < -0.3 is 16.0 Å². The second-order valence-electron chi connectivity index (χ2n) is 5.29. The predicted molar refractivity (Wildman–Crippen MR) is 79.7 cm³/mol. The number of carbonyl (C=O) groups is 1. The smallest absolute Gasteiger partial charge is 0.217 e. The molecule has 0 saturated carbocycles. The fraction of sp³-hybridized carbons (Fsp3) is 0.643. The molecule has 1 saturated heterocycles. The lowest BCUT2D eigenvalue weighted by molar-refractivity contribution is -0.119. The van der Waals surface area contributed by atoms with Crippen molar-refractivity contribution in [3.63, 3.8) is 0 Å². The summed E-state index contributed by atoms with van der Waals surface area (Å²) in [6.45, 7) is 6.63. The summed E-state index contributed by atoms with van der Waals surface area (Å²) < 4.78 is 0. The van der Waals surface area contributed by atoms with Crippen molar-refractivity contribution >= 4 is 17.5 Å². The molecule has 1 aliphatic rings. The van der Waals surface area contributed by atoms with Gasteiger partial charge >= 0.3 is 0 Å². The van der Waals surface area contributed by atoms with E-state index in [0.29, 0.717) is 12.3 Å². The number of primary amides is 1. The number of nitrogens with two attached hydrogens (primary N) is 1. The van der Waals surface area contributed by atoms with Crippen LogP contribution in [0.25, 0.3) is 0 Å². The zero-order chi connectivity index (χ0) is 14.5. The van der Waals surface area contributed by atoms with Crippen molar-refractivity contribution in [3.05, 3.63) is 11.9 Å². The van der Waals surface area contributed by atoms with Crippen LogP contribution in [-0.4, -0.2) is 35.5 Å². The molecule has 1 fully saturated rings. The van der Waals surface area contributed by atoms with Crippen LogP contribution in [0.4, 0.5) is 11.6 Å². The molecule has 1 aromatic heterocycles. The number of nitrogens with one attached hydrogen (secondary N) is 1. The van der Waals surface area contributed by atoms with Crippen molar-refractivity contribution < 1.29 is 4.79 Å². The number of hydrogen-bond donors (Lipinski definition) is 2. The molecule has 20 heavy (non-hydrogen) atoms. The summed E-state index contributed by atoms with van der Waals surface area (Å²) in [5.41, 5.74) is 5.26. The molecule has 0 bridgehead atoms. The number of rotatable bonds is 5. The molecule has 110 valence electrons. The van der Waals surface area contributed by atoms with E-state index in [0.717, 1.165) is 49.9 Å². The minimum atomic E-state index is -0.198. The van der Waals surface area contributed by atoms with Gasteiger partial charge in [0.1, 0.15) is 17.5 Å². The molecule has 0 unspecified atom stereocenters. The summed E-state index contributed by atoms with van der Waals surface area (Å²) in [7, 11) is 0. The van der Waals surface area contributed by atoms with Crippen LogP contribution in [-0.2, 0) is 4.79 Å². The molecule has 0 radical (unpaired) electrons. The summed E-state index contributed by atoms with van der Waals surface area (Å²) in [6.07, 6.45) is 2.48. The third-order valence-electron chi connectivity index (χ3n) is 3.61. The van der Waals surface area contributed by atoms with Gasteiger partial charge in [-0.15, -0.1) is 0 Å². The number of aryl methyl sites for hydroxylation is 1. The molecule has 0 atom stereocenters. The normalized spacial score (nSPS) is 16.2. The Hall–Kier alpha value is -1.85. The quantitative estimate of drug-likeness (QED) is 0.847. The Morgan fingerprint density at radius 3 is 2.75 bits per heavy atom. The van der Waals surface area contributed by atoms with Crippen molar-refractivity contribution in [1.29, 1.82) is 0 Å². The van der Waals surface area contributed by atoms with Gasteiger partial charge in [-0.25, -0.2) is 9.97 Å². The van der Waals surface area contributed by atoms with E-state index >= 15 is 0 Å². The average molecular weight is 277 g/mol. The molecular weight excluding hydrogens is 254 g/mol. The number of carbonyl (C=O) groups excluding carboxylic acids is 1. The van der Waals surface area contributed by atoms with Gasteiger partial charge in [0.25, 0.3) is 0 Å². The second kappa shape index (κ2) is 6.54. The van der Waals surface area contributed by atoms with E-state index in [1.165, 1.54) is 0 Å². The Bertz CT molecular complexity index is 469. The highest BCUT2D eigenvalue weighted by Gasteiger charge is 2.22. The Morgan fingerprint density at radius 1 is 1.45 bits per heavy atom. The van der Waals surface area contributed by atoms with E-state index in [-0.39, 0.29) is 5.91 Å². The molecule has 1 aliphatic heterocycles. The predicted octanol–water partition coefficient (Wildman–Crippen LogP) is 1.31. The molecule has 1 amide bonds. The van der Waals surface area contributed by atoms with Crippen LogP contribution in [0.3, 0.4) is 0 Å². The SMILES string of the molecule is CCNc1cc(N2CCC(CC(N)=O)CC2)nc(C)n1. The summed E-state index contributed by atoms with van der Waals surface area (Å²) in [6, 6.07) is 1.99. The number of piperidine rings is 1. The molecule has 1 aromatic rings. The van der Waals surface area contributed by atoms with Gasteiger partial charge in [-0.2, -0.15) is 0 Å². The fourth-order valence-corrected chi connectivity index (χ4v) is 2.64. The number of anilines is 2. The molecule has 0 spiro atoms. The van der Waals surface area contributed by atoms with E-state index in [1.807, 2.05) is 19.9 Å². The lowest BCUT2D eigenvalue weighted by Gasteiger charge is -2.32. The maximum atomic E-state index is 11.0. The fourth-order valence-electron chi connectivity index (χ4n) is 2.64. The Kier molecular flexibility index (Phi) is 4.76. The van der Waals surface area contributed by atoms with Crippen molar-refractivity contribution in [2.75, 3.05) is 29.9 Å². The monoisotopic (exact) mass is 277 g/mol. The largest absolute Gasteiger partial charge is 0.370 e. The summed E-state index contributed by atoms with van der Waals surface area (Å²) in [5, 5.41) is 3.22. The van der Waals surface area contributed by atoms with Crippen LogP contribution in [0.5, 0.6) is 0 Å². The molecule has 6 nitrogen and oxygen atoms in total. The Morgan fingerprint density at radius 2 is 2.15 bits per heavy atom. The van der Waals surface area contributed by atoms with Crippen molar-refractivity contribution in [2.45, 2.75) is 33.1 Å². The van der Waals surface area contributed by atoms with E-state index in [9.17, 15) is 4.79 Å². The maximum absolute atomic E-state index is 11.0. The van der Waals surface area contributed by atoms with Gasteiger partial charge in [0.2, 0.25) is 5.91 Å². The standard InChI is InChI=1S/C14H23N5O/c1-3-16-13-9-14(18-10(2)17-13)19-6-4-11(5-7-19)8-12(15)20/h9,11H,3-8H2,1-2H3,(H2,15,20)(H,16,17,18). The minimum Gasteiger partial charge on any atom is -0.370 e. The second-order valence-corrected chi connectivity index (χ2v) is 5.29. The Balaban J connectivity index is 2.01. The first-order valence-corrected chi connectivity index (χ1v) is 7.21. The topological polar surface area (TPSA) is 84.1 Å². The van der Waals surface area contributed by atoms with Crippen molar-refractivity contribution in [2.24, 2.45) is 11.7 Å². The highest BCUT2D eigenvalue weighted by molar-refractivity contribution is 5.74. The number of amides is 1. The lowest BCUT2D eigenvalue weighted by atomic mass is 9.93. The van der Waals surface area contributed by atoms with Crippen LogP contribution in [0.15, 0.2) is 6.07 Å². The number of nitrogens with zero attached hydrogens (tertiary/aromatic N) is 3. The summed E-state index contributed by atoms with van der Waals surface area (Å²) in [5.74, 6) is 2.83. The van der Waals surface area contributed by atoms with E-state index in [1.54, 1.807) is 0 Å². The van der Waals surface area contributed by atoms with E-state index < -0.39 is 0 Å². The zero-order valence-electron chi connectivity index (χ0n) is 12.2. The van der Waals surface area contributed by atoms with Gasteiger partial charge in [0.15, 0.2) is 0 Å². The molecule has 0 aliphatic carbocycles. The van der Waals surface area contributed by atoms with Gasteiger partial charge in [0.05, 0.1) is 0 Å². The third-order valence-corrected chi connectivity index (χ3v) is 3.61. The highest BCUT2D eigenvalue weighted by Crippen LogP contribution is 2.25. The third kappa shape index (κ3) is 3.82. The molecule has 0 aromatic carbocycles. The molecule has 2 heterocycles. The van der Waals surface area contributed by atoms with Crippen LogP contribution in [0.1, 0.15) is 32.0 Å². The summed E-state index contributed by atoms with van der Waals surface area (Å²) in [4.78, 5) is 22.1. The average Bonchev–Trinajstić information content (AvgIpc) is 2.38. The lowest BCUT2D eigenvalue weighted by Crippen LogP contribution is -2.35. The van der Waals surface area contributed by atoms with E-state index in [4.69, 9.17) is 5.73 Å². The molecule has 2 rings (SSSR count). The molecular formula is C14H23N5O. The van der Waals surface area contributed by atoms with Crippen LogP contribution in [0.2, 0.25) is 0 Å². The van der Waals surface area contributed by atoms with Gasteiger partial charge in [0, 0.05) is 32.1 Å². The molecule has 3 N–H and O–H groups in total. The van der Waals surface area contributed by atoms with Crippen molar-refractivity contribution in [3.8, 4) is 0 Å².